The zero-order valence-electron chi connectivity index (χ0n) is 16.5. The normalized spacial score (nSPS) is 13.7. The number of rotatable bonds is 6. The molecule has 0 atom stereocenters. The molecule has 0 bridgehead atoms. The number of aromatic carboxylic acids is 1. The first-order chi connectivity index (χ1) is 14.7. The molecule has 5 nitrogen and oxygen atoms in total. The van der Waals surface area contributed by atoms with Crippen LogP contribution in [0, 0.1) is 6.92 Å². The molecule has 0 saturated heterocycles. The molecule has 1 heterocycles. The Morgan fingerprint density at radius 2 is 1.87 bits per heavy atom. The summed E-state index contributed by atoms with van der Waals surface area (Å²) < 4.78 is 41.9. The highest BCUT2D eigenvalue weighted by atomic mass is 19.4. The van der Waals surface area contributed by atoms with Gasteiger partial charge in [0.25, 0.3) is 0 Å². The van der Waals surface area contributed by atoms with E-state index in [1.165, 1.54) is 24.5 Å². The van der Waals surface area contributed by atoms with Gasteiger partial charge in [0.05, 0.1) is 23.1 Å². The number of hydrogen-bond acceptors (Lipinski definition) is 4. The molecule has 3 aromatic rings. The third-order valence-electron chi connectivity index (χ3n) is 4.96. The second-order valence-electron chi connectivity index (χ2n) is 7.55. The molecule has 160 valence electrons. The van der Waals surface area contributed by atoms with Crippen LogP contribution >= 0.6 is 0 Å². The molecule has 0 aliphatic heterocycles. The zero-order chi connectivity index (χ0) is 22.2. The van der Waals surface area contributed by atoms with E-state index in [2.05, 4.69) is 15.0 Å². The van der Waals surface area contributed by atoms with Crippen LogP contribution in [0.2, 0.25) is 0 Å². The van der Waals surface area contributed by atoms with Gasteiger partial charge in [0.1, 0.15) is 5.75 Å². The van der Waals surface area contributed by atoms with E-state index in [0.29, 0.717) is 34.0 Å². The van der Waals surface area contributed by atoms with Crippen LogP contribution in [0.25, 0.3) is 11.1 Å². The molecule has 4 rings (SSSR count). The number of nitrogens with zero attached hydrogens (tertiary/aromatic N) is 1. The number of aryl methyl sites for hydroxylation is 1. The molecule has 0 radical (unpaired) electrons. The van der Waals surface area contributed by atoms with Gasteiger partial charge in [-0.2, -0.15) is 0 Å². The maximum absolute atomic E-state index is 12.6. The Labute approximate surface area is 176 Å². The van der Waals surface area contributed by atoms with Crippen molar-refractivity contribution in [3.63, 3.8) is 0 Å². The zero-order valence-corrected chi connectivity index (χ0v) is 16.5. The fourth-order valence-corrected chi connectivity index (χ4v) is 3.45. The summed E-state index contributed by atoms with van der Waals surface area (Å²) in [5.41, 5.74) is 3.75. The van der Waals surface area contributed by atoms with E-state index >= 15 is 0 Å². The lowest BCUT2D eigenvalue weighted by molar-refractivity contribution is -0.274. The number of carboxylic acid groups (broad SMARTS) is 1. The minimum absolute atomic E-state index is 0.159. The SMILES string of the molecule is Cc1cc(OC(F)(F)F)cc(-c2cncc(Nc3ccc(C4CC4)cc3C(=O)O)c2)c1. The van der Waals surface area contributed by atoms with Crippen molar-refractivity contribution in [2.24, 2.45) is 0 Å². The van der Waals surface area contributed by atoms with Gasteiger partial charge in [0, 0.05) is 11.8 Å². The second kappa shape index (κ2) is 7.94. The fourth-order valence-electron chi connectivity index (χ4n) is 3.45. The Morgan fingerprint density at radius 3 is 2.55 bits per heavy atom. The van der Waals surface area contributed by atoms with E-state index in [1.807, 2.05) is 6.07 Å². The van der Waals surface area contributed by atoms with Crippen LogP contribution < -0.4 is 10.1 Å². The first-order valence-corrected chi connectivity index (χ1v) is 9.65. The number of pyridine rings is 1. The average Bonchev–Trinajstić information content (AvgIpc) is 3.52. The molecule has 1 saturated carbocycles. The molecule has 1 aromatic heterocycles. The predicted octanol–water partition coefficient (Wildman–Crippen LogP) is 6.27. The minimum Gasteiger partial charge on any atom is -0.478 e. The molecule has 31 heavy (non-hydrogen) atoms. The summed E-state index contributed by atoms with van der Waals surface area (Å²) in [6, 6.07) is 11.3. The lowest BCUT2D eigenvalue weighted by atomic mass is 10.0. The molecular formula is C23H19F3N2O3. The van der Waals surface area contributed by atoms with Gasteiger partial charge in [0.15, 0.2) is 0 Å². The molecule has 1 fully saturated rings. The second-order valence-corrected chi connectivity index (χ2v) is 7.55. The van der Waals surface area contributed by atoms with Gasteiger partial charge in [-0.3, -0.25) is 4.98 Å². The van der Waals surface area contributed by atoms with E-state index in [9.17, 15) is 23.1 Å². The first kappa shape index (κ1) is 20.7. The molecule has 1 aliphatic rings. The Bertz CT molecular complexity index is 1140. The van der Waals surface area contributed by atoms with E-state index in [0.717, 1.165) is 18.4 Å². The summed E-state index contributed by atoms with van der Waals surface area (Å²) in [4.78, 5) is 15.9. The van der Waals surface area contributed by atoms with Crippen molar-refractivity contribution in [2.75, 3.05) is 5.32 Å². The number of nitrogens with one attached hydrogen (secondary N) is 1. The van der Waals surface area contributed by atoms with Crippen molar-refractivity contribution in [1.29, 1.82) is 0 Å². The molecule has 8 heteroatoms. The number of halogens is 3. The van der Waals surface area contributed by atoms with Crippen LogP contribution in [-0.2, 0) is 0 Å². The number of alkyl halides is 3. The molecule has 0 unspecified atom stereocenters. The average molecular weight is 428 g/mol. The number of hydrogen-bond donors (Lipinski definition) is 2. The van der Waals surface area contributed by atoms with Crippen LogP contribution in [0.3, 0.4) is 0 Å². The number of anilines is 2. The Kier molecular flexibility index (Phi) is 5.31. The van der Waals surface area contributed by atoms with Gasteiger partial charge in [0.2, 0.25) is 0 Å². The number of ether oxygens (including phenoxy) is 1. The number of carbonyl (C=O) groups is 1. The largest absolute Gasteiger partial charge is 0.573 e. The van der Waals surface area contributed by atoms with Crippen molar-refractivity contribution in [3.05, 3.63) is 71.5 Å². The molecule has 0 amide bonds. The van der Waals surface area contributed by atoms with Crippen molar-refractivity contribution >= 4 is 17.3 Å². The van der Waals surface area contributed by atoms with Crippen LogP contribution in [0.4, 0.5) is 24.5 Å². The molecule has 0 spiro atoms. The van der Waals surface area contributed by atoms with Crippen molar-refractivity contribution in [3.8, 4) is 16.9 Å². The van der Waals surface area contributed by atoms with Gasteiger partial charge in [-0.15, -0.1) is 13.2 Å². The number of aromatic nitrogens is 1. The van der Waals surface area contributed by atoms with E-state index in [-0.39, 0.29) is 11.3 Å². The van der Waals surface area contributed by atoms with Crippen LogP contribution in [0.1, 0.15) is 40.2 Å². The quantitative estimate of drug-likeness (QED) is 0.484. The van der Waals surface area contributed by atoms with Crippen LogP contribution in [-0.4, -0.2) is 22.4 Å². The predicted molar refractivity (Wildman–Crippen MR) is 110 cm³/mol. The number of benzene rings is 2. The third-order valence-corrected chi connectivity index (χ3v) is 4.96. The van der Waals surface area contributed by atoms with Gasteiger partial charge in [-0.1, -0.05) is 12.1 Å². The number of carboxylic acids is 1. The van der Waals surface area contributed by atoms with Crippen molar-refractivity contribution < 1.29 is 27.8 Å². The topological polar surface area (TPSA) is 71.5 Å². The highest BCUT2D eigenvalue weighted by molar-refractivity contribution is 5.95. The summed E-state index contributed by atoms with van der Waals surface area (Å²) in [6.45, 7) is 1.67. The van der Waals surface area contributed by atoms with E-state index in [1.54, 1.807) is 31.2 Å². The maximum Gasteiger partial charge on any atom is 0.573 e. The molecule has 2 aromatic carbocycles. The molecule has 2 N–H and O–H groups in total. The summed E-state index contributed by atoms with van der Waals surface area (Å²) in [6.07, 6.45) is 0.383. The monoisotopic (exact) mass is 428 g/mol. The van der Waals surface area contributed by atoms with Crippen molar-refractivity contribution in [1.82, 2.24) is 4.98 Å². The van der Waals surface area contributed by atoms with E-state index in [4.69, 9.17) is 0 Å². The molecule has 1 aliphatic carbocycles. The highest BCUT2D eigenvalue weighted by Crippen LogP contribution is 2.41. The Hall–Kier alpha value is -3.55. The summed E-state index contributed by atoms with van der Waals surface area (Å²) in [5.74, 6) is -0.932. The molecular weight excluding hydrogens is 409 g/mol. The lowest BCUT2D eigenvalue weighted by Crippen LogP contribution is -2.17. The lowest BCUT2D eigenvalue weighted by Gasteiger charge is -2.14. The van der Waals surface area contributed by atoms with Crippen LogP contribution in [0.5, 0.6) is 5.75 Å². The van der Waals surface area contributed by atoms with Gasteiger partial charge < -0.3 is 15.2 Å². The first-order valence-electron chi connectivity index (χ1n) is 9.65. The Morgan fingerprint density at radius 1 is 1.10 bits per heavy atom. The fraction of sp³-hybridized carbons (Fsp3) is 0.217. The summed E-state index contributed by atoms with van der Waals surface area (Å²) >= 11 is 0. The highest BCUT2D eigenvalue weighted by Gasteiger charge is 2.31. The minimum atomic E-state index is -4.79. The third kappa shape index (κ3) is 5.14. The summed E-state index contributed by atoms with van der Waals surface area (Å²) in [5, 5.41) is 12.7. The van der Waals surface area contributed by atoms with Crippen molar-refractivity contribution in [2.45, 2.75) is 32.0 Å². The van der Waals surface area contributed by atoms with Crippen LogP contribution in [0.15, 0.2) is 54.9 Å². The standard InChI is InChI=1S/C23H19F3N2O3/c1-13-6-16(9-19(7-13)31-23(24,25)26)17-8-18(12-27-11-17)28-21-5-4-15(14-2-3-14)10-20(21)22(29)30/h4-12,14,28H,2-3H2,1H3,(H,29,30). The van der Waals surface area contributed by atoms with Gasteiger partial charge >= 0.3 is 12.3 Å². The summed E-state index contributed by atoms with van der Waals surface area (Å²) in [7, 11) is 0. The Balaban J connectivity index is 1.63. The van der Waals surface area contributed by atoms with E-state index < -0.39 is 12.3 Å². The van der Waals surface area contributed by atoms with Gasteiger partial charge in [-0.25, -0.2) is 4.79 Å². The smallest absolute Gasteiger partial charge is 0.478 e. The van der Waals surface area contributed by atoms with Gasteiger partial charge in [-0.05, 0) is 72.7 Å². The maximum atomic E-state index is 12.6.